The van der Waals surface area contributed by atoms with Crippen LogP contribution in [0.5, 0.6) is 0 Å². The topological polar surface area (TPSA) is 48.1 Å². The Bertz CT molecular complexity index is 1100. The minimum absolute atomic E-state index is 0.0698. The largest absolute Gasteiger partial charge is 0.381 e. The van der Waals surface area contributed by atoms with Gasteiger partial charge in [0.1, 0.15) is 11.9 Å². The molecular weight excluding hydrogens is 552 g/mol. The third-order valence-corrected chi connectivity index (χ3v) is 11.1. The van der Waals surface area contributed by atoms with Crippen LogP contribution in [0, 0.1) is 23.2 Å². The summed E-state index contributed by atoms with van der Waals surface area (Å²) in [6.45, 7) is 6.87. The SMILES string of the molecule is CCCC(CCC(C)C1=C(C2C=CC(C#N)=C(F)C2)C=C(C23C[C@@]4(C)CC[C@]2(I)N34)NC=C1)OC. The van der Waals surface area contributed by atoms with Crippen LogP contribution in [0.4, 0.5) is 4.39 Å². The predicted molar refractivity (Wildman–Crippen MR) is 146 cm³/mol. The van der Waals surface area contributed by atoms with E-state index in [1.54, 1.807) is 6.08 Å². The second-order valence-electron chi connectivity index (χ2n) is 11.3. The lowest BCUT2D eigenvalue weighted by Gasteiger charge is -2.46. The summed E-state index contributed by atoms with van der Waals surface area (Å²) in [7, 11) is 1.81. The Kier molecular flexibility index (Phi) is 6.59. The first-order valence-electron chi connectivity index (χ1n) is 13.1. The van der Waals surface area contributed by atoms with Crippen LogP contribution in [0.2, 0.25) is 0 Å². The van der Waals surface area contributed by atoms with Gasteiger partial charge in [0.2, 0.25) is 0 Å². The fraction of sp³-hybridized carbons (Fsp3) is 0.621. The quantitative estimate of drug-likeness (QED) is 0.137. The van der Waals surface area contributed by atoms with Gasteiger partial charge >= 0.3 is 0 Å². The van der Waals surface area contributed by atoms with E-state index in [-0.39, 0.29) is 38.9 Å². The highest BCUT2D eigenvalue weighted by Gasteiger charge is 2.90. The molecule has 3 saturated heterocycles. The Morgan fingerprint density at radius 2 is 2.11 bits per heavy atom. The number of nitrogens with one attached hydrogen (secondary N) is 1. The van der Waals surface area contributed by atoms with Crippen molar-refractivity contribution in [2.24, 2.45) is 11.8 Å². The first-order chi connectivity index (χ1) is 16.7. The zero-order valence-corrected chi connectivity index (χ0v) is 23.5. The van der Waals surface area contributed by atoms with Gasteiger partial charge in [0.15, 0.2) is 0 Å². The number of allylic oxidation sites excluding steroid dienone is 8. The van der Waals surface area contributed by atoms with Gasteiger partial charge in [-0.15, -0.1) is 0 Å². The molecule has 35 heavy (non-hydrogen) atoms. The maximum Gasteiger partial charge on any atom is 0.119 e. The normalized spacial score (nSPS) is 38.7. The van der Waals surface area contributed by atoms with Crippen molar-refractivity contribution in [1.82, 2.24) is 10.2 Å². The number of hydrogen-bond donors (Lipinski definition) is 1. The highest BCUT2D eigenvalue weighted by atomic mass is 127. The van der Waals surface area contributed by atoms with E-state index in [4.69, 9.17) is 4.74 Å². The zero-order valence-electron chi connectivity index (χ0n) is 21.3. The van der Waals surface area contributed by atoms with Crippen molar-refractivity contribution < 1.29 is 9.13 Å². The third kappa shape index (κ3) is 3.79. The summed E-state index contributed by atoms with van der Waals surface area (Å²) in [5.41, 5.74) is 4.26. The maximum atomic E-state index is 14.8. The number of hydrogen-bond acceptors (Lipinski definition) is 4. The number of halogens is 2. The van der Waals surface area contributed by atoms with Gasteiger partial charge in [-0.05, 0) is 80.7 Å². The van der Waals surface area contributed by atoms with Gasteiger partial charge in [-0.3, -0.25) is 4.90 Å². The van der Waals surface area contributed by atoms with Gasteiger partial charge in [0.05, 0.1) is 20.8 Å². The van der Waals surface area contributed by atoms with Gasteiger partial charge in [-0.2, -0.15) is 5.26 Å². The molecule has 4 nitrogen and oxygen atoms in total. The molecule has 5 aliphatic rings. The molecule has 4 aliphatic heterocycles. The number of rotatable bonds is 9. The molecule has 188 valence electrons. The molecule has 1 aliphatic carbocycles. The number of fused-ring (bicyclic) bond motifs is 1. The number of alkyl halides is 1. The number of ether oxygens (including phenoxy) is 1. The lowest BCUT2D eigenvalue weighted by Crippen LogP contribution is -2.55. The molecule has 5 rings (SSSR count). The summed E-state index contributed by atoms with van der Waals surface area (Å²) in [6, 6.07) is 2.00. The summed E-state index contributed by atoms with van der Waals surface area (Å²) in [5, 5.41) is 12.9. The molecule has 6 heteroatoms. The van der Waals surface area contributed by atoms with Crippen molar-refractivity contribution in [1.29, 1.82) is 5.26 Å². The van der Waals surface area contributed by atoms with Crippen LogP contribution in [0.15, 0.2) is 58.7 Å². The van der Waals surface area contributed by atoms with E-state index in [0.717, 1.165) is 25.7 Å². The number of nitriles is 1. The molecule has 0 amide bonds. The van der Waals surface area contributed by atoms with Crippen molar-refractivity contribution in [3.05, 3.63) is 58.7 Å². The lowest BCUT2D eigenvalue weighted by atomic mass is 9.71. The van der Waals surface area contributed by atoms with Gasteiger partial charge in [-0.25, -0.2) is 4.39 Å². The molecule has 0 saturated carbocycles. The van der Waals surface area contributed by atoms with E-state index in [1.807, 2.05) is 19.3 Å². The summed E-state index contributed by atoms with van der Waals surface area (Å²) >= 11 is 2.68. The zero-order chi connectivity index (χ0) is 25.0. The Morgan fingerprint density at radius 3 is 2.71 bits per heavy atom. The Balaban J connectivity index is 1.48. The van der Waals surface area contributed by atoms with E-state index in [9.17, 15) is 9.65 Å². The molecule has 0 bridgehead atoms. The van der Waals surface area contributed by atoms with Crippen LogP contribution in [0.25, 0.3) is 0 Å². The Labute approximate surface area is 223 Å². The molecule has 0 aromatic rings. The first-order valence-corrected chi connectivity index (χ1v) is 14.2. The minimum atomic E-state index is -0.301. The van der Waals surface area contributed by atoms with E-state index in [0.29, 0.717) is 11.5 Å². The monoisotopic (exact) mass is 589 g/mol. The Morgan fingerprint density at radius 1 is 1.31 bits per heavy atom. The summed E-state index contributed by atoms with van der Waals surface area (Å²) in [4.78, 5) is 2.70. The lowest BCUT2D eigenvalue weighted by molar-refractivity contribution is 0.0832. The van der Waals surface area contributed by atoms with Crippen LogP contribution in [0.3, 0.4) is 0 Å². The average Bonchev–Trinajstić information content (AvgIpc) is 3.32. The Hall–Kier alpha value is -1.43. The molecule has 0 aromatic heterocycles. The molecule has 0 spiro atoms. The van der Waals surface area contributed by atoms with E-state index >= 15 is 0 Å². The van der Waals surface area contributed by atoms with Crippen LogP contribution < -0.4 is 5.32 Å². The average molecular weight is 590 g/mol. The molecule has 7 atom stereocenters. The highest BCUT2D eigenvalue weighted by Crippen LogP contribution is 2.81. The van der Waals surface area contributed by atoms with Gasteiger partial charge in [0, 0.05) is 36.9 Å². The second kappa shape index (κ2) is 9.15. The van der Waals surface area contributed by atoms with Crippen molar-refractivity contribution in [2.75, 3.05) is 7.11 Å². The molecule has 5 unspecified atom stereocenters. The van der Waals surface area contributed by atoms with Crippen LogP contribution in [0.1, 0.15) is 72.1 Å². The highest BCUT2D eigenvalue weighted by molar-refractivity contribution is 14.1. The van der Waals surface area contributed by atoms with Crippen LogP contribution in [-0.4, -0.2) is 32.7 Å². The second-order valence-corrected chi connectivity index (χ2v) is 13.1. The number of nitrogens with zero attached hydrogens (tertiary/aromatic N) is 2. The third-order valence-electron chi connectivity index (χ3n) is 9.17. The molecular formula is C29H37FIN3O. The van der Waals surface area contributed by atoms with Crippen molar-refractivity contribution in [3.8, 4) is 6.07 Å². The van der Waals surface area contributed by atoms with Crippen molar-refractivity contribution in [2.45, 2.75) is 92.9 Å². The minimum Gasteiger partial charge on any atom is -0.381 e. The van der Waals surface area contributed by atoms with Crippen molar-refractivity contribution in [3.63, 3.8) is 0 Å². The van der Waals surface area contributed by atoms with Crippen LogP contribution in [-0.2, 0) is 4.74 Å². The van der Waals surface area contributed by atoms with Gasteiger partial charge < -0.3 is 10.1 Å². The molecule has 4 heterocycles. The first kappa shape index (κ1) is 25.2. The predicted octanol–water partition coefficient (Wildman–Crippen LogP) is 6.98. The van der Waals surface area contributed by atoms with E-state index < -0.39 is 0 Å². The van der Waals surface area contributed by atoms with Crippen molar-refractivity contribution >= 4 is 22.6 Å². The number of piperidine rings is 1. The summed E-state index contributed by atoms with van der Waals surface area (Å²) < 4.78 is 20.7. The summed E-state index contributed by atoms with van der Waals surface area (Å²) in [6.07, 6.45) is 18.8. The fourth-order valence-corrected chi connectivity index (χ4v) is 9.20. The molecule has 3 fully saturated rings. The molecule has 0 radical (unpaired) electrons. The van der Waals surface area contributed by atoms with E-state index in [1.165, 1.54) is 36.1 Å². The number of methoxy groups -OCH3 is 1. The smallest absolute Gasteiger partial charge is 0.119 e. The molecule has 1 N–H and O–H groups in total. The maximum absolute atomic E-state index is 14.8. The summed E-state index contributed by atoms with van der Waals surface area (Å²) in [5.74, 6) is -0.0490. The van der Waals surface area contributed by atoms with Gasteiger partial charge in [-0.1, -0.05) is 48.9 Å². The fourth-order valence-electron chi connectivity index (χ4n) is 7.33. The molecule has 0 aromatic carbocycles. The van der Waals surface area contributed by atoms with Crippen LogP contribution >= 0.6 is 22.6 Å². The van der Waals surface area contributed by atoms with Gasteiger partial charge in [0.25, 0.3) is 0 Å². The standard InChI is InChI=1S/C29H37FIN3O/c1-5-6-22(35-4)10-7-19(2)23-11-14-33-26(28-18-27(3)12-13-29(28,31)34(27)28)16-24(23)20-8-9-21(17-32)25(30)15-20/h8-9,11,14,16,19-20,22,33H,5-7,10,12-13,15,18H2,1-4H3/t19?,20?,22?,27-,28?,29+,34?/m1/s1. The van der Waals surface area contributed by atoms with E-state index in [2.05, 4.69) is 71.9 Å².